The maximum Gasteiger partial charge on any atom is 0.251 e. The lowest BCUT2D eigenvalue weighted by atomic mass is 10.2. The van der Waals surface area contributed by atoms with Gasteiger partial charge in [-0.05, 0) is 43.9 Å². The fourth-order valence-electron chi connectivity index (χ4n) is 2.05. The molecule has 1 aromatic carbocycles. The highest BCUT2D eigenvalue weighted by Crippen LogP contribution is 2.24. The zero-order valence-corrected chi connectivity index (χ0v) is 9.53. The van der Waals surface area contributed by atoms with Crippen molar-refractivity contribution in [2.45, 2.75) is 31.8 Å². The van der Waals surface area contributed by atoms with Gasteiger partial charge >= 0.3 is 0 Å². The van der Waals surface area contributed by atoms with Gasteiger partial charge in [0.05, 0.1) is 6.10 Å². The lowest BCUT2D eigenvalue weighted by molar-refractivity contribution is 0.0962. The average Bonchev–Trinajstić information content (AvgIpc) is 2.81. The molecule has 1 N–H and O–H groups in total. The van der Waals surface area contributed by atoms with Crippen molar-refractivity contribution < 1.29 is 9.53 Å². The maximum atomic E-state index is 11.4. The number of carbonyl (C=O) groups is 1. The summed E-state index contributed by atoms with van der Waals surface area (Å²) < 4.78 is 5.83. The molecule has 0 unspecified atom stereocenters. The number of carbonyl (C=O) groups excluding carboxylic acids is 1. The summed E-state index contributed by atoms with van der Waals surface area (Å²) in [5.74, 6) is 0.727. The number of ether oxygens (including phenoxy) is 1. The smallest absolute Gasteiger partial charge is 0.251 e. The van der Waals surface area contributed by atoms with Crippen LogP contribution in [0, 0.1) is 0 Å². The van der Waals surface area contributed by atoms with Crippen molar-refractivity contribution in [2.75, 3.05) is 7.05 Å². The van der Waals surface area contributed by atoms with Gasteiger partial charge in [-0.3, -0.25) is 4.79 Å². The van der Waals surface area contributed by atoms with Crippen LogP contribution in [0.3, 0.4) is 0 Å². The van der Waals surface area contributed by atoms with Gasteiger partial charge in [0, 0.05) is 12.6 Å². The van der Waals surface area contributed by atoms with Crippen LogP contribution in [-0.4, -0.2) is 19.1 Å². The van der Waals surface area contributed by atoms with Gasteiger partial charge in [-0.2, -0.15) is 0 Å². The molecule has 0 heterocycles. The summed E-state index contributed by atoms with van der Waals surface area (Å²) in [5, 5.41) is 2.61. The maximum absolute atomic E-state index is 11.4. The Morgan fingerprint density at radius 3 is 2.81 bits per heavy atom. The molecule has 0 saturated heterocycles. The van der Waals surface area contributed by atoms with E-state index in [4.69, 9.17) is 4.74 Å². The molecule has 0 spiro atoms. The van der Waals surface area contributed by atoms with Crippen LogP contribution in [0.1, 0.15) is 36.0 Å². The standard InChI is InChI=1S/C13H17NO2/c1-14-13(15)10-5-4-8-12(9-10)16-11-6-2-3-7-11/h4-5,8-9,11H,2-3,6-7H2,1H3,(H,14,15). The second-order valence-electron chi connectivity index (χ2n) is 4.13. The number of hydrogen-bond acceptors (Lipinski definition) is 2. The minimum atomic E-state index is -0.0723. The summed E-state index contributed by atoms with van der Waals surface area (Å²) in [4.78, 5) is 11.4. The van der Waals surface area contributed by atoms with E-state index in [9.17, 15) is 4.79 Å². The monoisotopic (exact) mass is 219 g/mol. The van der Waals surface area contributed by atoms with Crippen LogP contribution < -0.4 is 10.1 Å². The Labute approximate surface area is 95.8 Å². The van der Waals surface area contributed by atoms with Crippen LogP contribution in [0.4, 0.5) is 0 Å². The van der Waals surface area contributed by atoms with Crippen molar-refractivity contribution in [1.29, 1.82) is 0 Å². The molecule has 1 amide bonds. The van der Waals surface area contributed by atoms with Gasteiger partial charge in [0.1, 0.15) is 5.75 Å². The molecule has 1 fully saturated rings. The van der Waals surface area contributed by atoms with E-state index in [0.717, 1.165) is 18.6 Å². The fourth-order valence-corrected chi connectivity index (χ4v) is 2.05. The van der Waals surface area contributed by atoms with Gasteiger partial charge in [0.25, 0.3) is 5.91 Å². The highest BCUT2D eigenvalue weighted by molar-refractivity contribution is 5.94. The first-order chi connectivity index (χ1) is 7.79. The second kappa shape index (κ2) is 5.01. The number of nitrogens with one attached hydrogen (secondary N) is 1. The summed E-state index contributed by atoms with van der Waals surface area (Å²) in [6.07, 6.45) is 5.09. The Bertz CT molecular complexity index is 370. The molecule has 3 nitrogen and oxygen atoms in total. The van der Waals surface area contributed by atoms with Gasteiger partial charge in [-0.1, -0.05) is 6.07 Å². The molecular formula is C13H17NO2. The molecule has 3 heteroatoms. The van der Waals surface area contributed by atoms with Crippen LogP contribution in [0.5, 0.6) is 5.75 Å². The third-order valence-electron chi connectivity index (χ3n) is 2.93. The molecular weight excluding hydrogens is 202 g/mol. The summed E-state index contributed by atoms with van der Waals surface area (Å²) in [5.41, 5.74) is 0.651. The van der Waals surface area contributed by atoms with E-state index in [0.29, 0.717) is 11.7 Å². The van der Waals surface area contributed by atoms with Crippen LogP contribution in [-0.2, 0) is 0 Å². The molecule has 1 aliphatic rings. The molecule has 1 aliphatic carbocycles. The Kier molecular flexibility index (Phi) is 3.44. The van der Waals surface area contributed by atoms with E-state index >= 15 is 0 Å². The molecule has 1 aromatic rings. The van der Waals surface area contributed by atoms with E-state index in [1.54, 1.807) is 19.2 Å². The van der Waals surface area contributed by atoms with Gasteiger partial charge < -0.3 is 10.1 Å². The number of hydrogen-bond donors (Lipinski definition) is 1. The Morgan fingerprint density at radius 2 is 2.12 bits per heavy atom. The van der Waals surface area contributed by atoms with Crippen molar-refractivity contribution in [2.24, 2.45) is 0 Å². The van der Waals surface area contributed by atoms with Gasteiger partial charge in [-0.25, -0.2) is 0 Å². The Morgan fingerprint density at radius 1 is 1.38 bits per heavy atom. The molecule has 0 radical (unpaired) electrons. The predicted molar refractivity (Wildman–Crippen MR) is 62.7 cm³/mol. The largest absolute Gasteiger partial charge is 0.490 e. The number of rotatable bonds is 3. The van der Waals surface area contributed by atoms with Gasteiger partial charge in [-0.15, -0.1) is 0 Å². The molecule has 86 valence electrons. The zero-order chi connectivity index (χ0) is 11.4. The van der Waals surface area contributed by atoms with Crippen LogP contribution >= 0.6 is 0 Å². The Hall–Kier alpha value is -1.51. The van der Waals surface area contributed by atoms with E-state index < -0.39 is 0 Å². The van der Waals surface area contributed by atoms with Gasteiger partial charge in [0.2, 0.25) is 0 Å². The van der Waals surface area contributed by atoms with Crippen LogP contribution in [0.2, 0.25) is 0 Å². The first-order valence-corrected chi connectivity index (χ1v) is 5.78. The third-order valence-corrected chi connectivity index (χ3v) is 2.93. The number of amides is 1. The van der Waals surface area contributed by atoms with Crippen molar-refractivity contribution in [3.63, 3.8) is 0 Å². The zero-order valence-electron chi connectivity index (χ0n) is 9.53. The number of benzene rings is 1. The normalized spacial score (nSPS) is 16.1. The highest BCUT2D eigenvalue weighted by Gasteiger charge is 2.16. The van der Waals surface area contributed by atoms with Crippen molar-refractivity contribution in [3.8, 4) is 5.75 Å². The van der Waals surface area contributed by atoms with Crippen molar-refractivity contribution in [3.05, 3.63) is 29.8 Å². The van der Waals surface area contributed by atoms with E-state index in [1.165, 1.54) is 12.8 Å². The molecule has 0 atom stereocenters. The van der Waals surface area contributed by atoms with Crippen molar-refractivity contribution >= 4 is 5.91 Å². The lowest BCUT2D eigenvalue weighted by Crippen LogP contribution is -2.18. The molecule has 16 heavy (non-hydrogen) atoms. The van der Waals surface area contributed by atoms with Gasteiger partial charge in [0.15, 0.2) is 0 Å². The third kappa shape index (κ3) is 2.54. The SMILES string of the molecule is CNC(=O)c1cccc(OC2CCCC2)c1. The topological polar surface area (TPSA) is 38.3 Å². The minimum absolute atomic E-state index is 0.0723. The summed E-state index contributed by atoms with van der Waals surface area (Å²) in [6.45, 7) is 0. The second-order valence-corrected chi connectivity index (χ2v) is 4.13. The molecule has 0 aliphatic heterocycles. The fraction of sp³-hybridized carbons (Fsp3) is 0.462. The lowest BCUT2D eigenvalue weighted by Gasteiger charge is -2.13. The molecule has 2 rings (SSSR count). The summed E-state index contributed by atoms with van der Waals surface area (Å²) in [7, 11) is 1.63. The van der Waals surface area contributed by atoms with Crippen molar-refractivity contribution in [1.82, 2.24) is 5.32 Å². The van der Waals surface area contributed by atoms with Crippen LogP contribution in [0.25, 0.3) is 0 Å². The summed E-state index contributed by atoms with van der Waals surface area (Å²) in [6, 6.07) is 7.36. The first kappa shape index (κ1) is 11.0. The minimum Gasteiger partial charge on any atom is -0.490 e. The highest BCUT2D eigenvalue weighted by atomic mass is 16.5. The van der Waals surface area contributed by atoms with E-state index in [2.05, 4.69) is 5.32 Å². The quantitative estimate of drug-likeness (QED) is 0.847. The molecule has 0 bridgehead atoms. The average molecular weight is 219 g/mol. The predicted octanol–water partition coefficient (Wildman–Crippen LogP) is 2.37. The first-order valence-electron chi connectivity index (χ1n) is 5.78. The van der Waals surface area contributed by atoms with E-state index in [-0.39, 0.29) is 5.91 Å². The van der Waals surface area contributed by atoms with Crippen LogP contribution in [0.15, 0.2) is 24.3 Å². The summed E-state index contributed by atoms with van der Waals surface area (Å²) >= 11 is 0. The molecule has 0 aromatic heterocycles. The van der Waals surface area contributed by atoms with E-state index in [1.807, 2.05) is 12.1 Å². The Balaban J connectivity index is 2.06. The molecule has 1 saturated carbocycles.